The van der Waals surface area contributed by atoms with Gasteiger partial charge in [0.1, 0.15) is 5.75 Å². The highest BCUT2D eigenvalue weighted by molar-refractivity contribution is 5.40. The summed E-state index contributed by atoms with van der Waals surface area (Å²) in [4.78, 5) is 0. The maximum atomic E-state index is 5.26. The van der Waals surface area contributed by atoms with Crippen LogP contribution >= 0.6 is 0 Å². The van der Waals surface area contributed by atoms with Gasteiger partial charge in [0, 0.05) is 5.56 Å². The van der Waals surface area contributed by atoms with E-state index in [1.54, 1.807) is 19.6 Å². The van der Waals surface area contributed by atoms with Crippen molar-refractivity contribution in [2.24, 2.45) is 0 Å². The molecule has 0 fully saturated rings. The third kappa shape index (κ3) is 3.18. The van der Waals surface area contributed by atoms with Crippen LogP contribution in [0.2, 0.25) is 0 Å². The summed E-state index contributed by atoms with van der Waals surface area (Å²) in [6, 6.07) is 8.37. The summed E-state index contributed by atoms with van der Waals surface area (Å²) < 4.78 is 10.5. The lowest BCUT2D eigenvalue weighted by molar-refractivity contribution is 0.414. The number of hydrogen-bond acceptors (Lipinski definition) is 3. The van der Waals surface area contributed by atoms with E-state index in [-0.39, 0.29) is 6.04 Å². The Bertz CT molecular complexity index is 505. The van der Waals surface area contributed by atoms with E-state index >= 15 is 0 Å². The second-order valence-electron chi connectivity index (χ2n) is 4.67. The van der Waals surface area contributed by atoms with Crippen molar-refractivity contribution in [1.29, 1.82) is 0 Å². The fourth-order valence-electron chi connectivity index (χ4n) is 2.23. The number of nitrogens with one attached hydrogen (secondary N) is 1. The first-order valence-corrected chi connectivity index (χ1v) is 6.66. The fourth-order valence-corrected chi connectivity index (χ4v) is 2.23. The Morgan fingerprint density at radius 3 is 2.74 bits per heavy atom. The number of aryl methyl sites for hydroxylation is 1. The zero-order valence-electron chi connectivity index (χ0n) is 11.8. The first kappa shape index (κ1) is 13.7. The van der Waals surface area contributed by atoms with Crippen LogP contribution in [0.3, 0.4) is 0 Å². The molecule has 19 heavy (non-hydrogen) atoms. The van der Waals surface area contributed by atoms with Gasteiger partial charge in [-0.3, -0.25) is 0 Å². The van der Waals surface area contributed by atoms with Gasteiger partial charge in [-0.25, -0.2) is 0 Å². The number of benzene rings is 1. The number of ether oxygens (including phenoxy) is 1. The molecule has 0 aliphatic carbocycles. The minimum atomic E-state index is 0.171. The van der Waals surface area contributed by atoms with E-state index in [4.69, 9.17) is 9.15 Å². The molecule has 0 aliphatic rings. The molecule has 0 saturated carbocycles. The van der Waals surface area contributed by atoms with Gasteiger partial charge >= 0.3 is 0 Å². The maximum absolute atomic E-state index is 5.26. The molecule has 3 nitrogen and oxygen atoms in total. The summed E-state index contributed by atoms with van der Waals surface area (Å²) in [6.45, 7) is 5.25. The fraction of sp³-hybridized carbons (Fsp3) is 0.375. The molecule has 1 unspecified atom stereocenters. The summed E-state index contributed by atoms with van der Waals surface area (Å²) in [5.74, 6) is 0.891. The summed E-state index contributed by atoms with van der Waals surface area (Å²) in [5, 5.41) is 3.57. The van der Waals surface area contributed by atoms with Crippen LogP contribution in [0.15, 0.2) is 41.2 Å². The lowest BCUT2D eigenvalue weighted by Crippen LogP contribution is -2.23. The highest BCUT2D eigenvalue weighted by atomic mass is 16.5. The molecule has 0 saturated heterocycles. The van der Waals surface area contributed by atoms with Gasteiger partial charge in [0.05, 0.1) is 25.7 Å². The minimum Gasteiger partial charge on any atom is -0.497 e. The van der Waals surface area contributed by atoms with Crippen molar-refractivity contribution in [2.45, 2.75) is 26.3 Å². The third-order valence-electron chi connectivity index (χ3n) is 3.26. The quantitative estimate of drug-likeness (QED) is 0.859. The average molecular weight is 259 g/mol. The molecule has 2 rings (SSSR count). The van der Waals surface area contributed by atoms with Crippen molar-refractivity contribution in [3.63, 3.8) is 0 Å². The van der Waals surface area contributed by atoms with Gasteiger partial charge in [-0.15, -0.1) is 0 Å². The maximum Gasteiger partial charge on any atom is 0.119 e. The van der Waals surface area contributed by atoms with E-state index in [0.29, 0.717) is 0 Å². The van der Waals surface area contributed by atoms with Gasteiger partial charge in [0.25, 0.3) is 0 Å². The summed E-state index contributed by atoms with van der Waals surface area (Å²) in [6.07, 6.45) is 4.62. The molecule has 0 spiro atoms. The van der Waals surface area contributed by atoms with Crippen LogP contribution in [0, 0.1) is 6.92 Å². The number of hydrogen-bond donors (Lipinski definition) is 1. The SMILES string of the molecule is CCCNC(c1ccoc1)c1ccc(OC)cc1C. The van der Waals surface area contributed by atoms with Gasteiger partial charge in [0.15, 0.2) is 0 Å². The van der Waals surface area contributed by atoms with Crippen molar-refractivity contribution in [1.82, 2.24) is 5.32 Å². The predicted molar refractivity (Wildman–Crippen MR) is 76.6 cm³/mol. The Morgan fingerprint density at radius 2 is 2.16 bits per heavy atom. The first-order valence-electron chi connectivity index (χ1n) is 6.66. The second-order valence-corrected chi connectivity index (χ2v) is 4.67. The van der Waals surface area contributed by atoms with Crippen molar-refractivity contribution in [3.05, 3.63) is 53.5 Å². The van der Waals surface area contributed by atoms with Crippen molar-refractivity contribution in [2.75, 3.05) is 13.7 Å². The van der Waals surface area contributed by atoms with E-state index in [1.165, 1.54) is 11.1 Å². The molecule has 0 amide bonds. The summed E-state index contributed by atoms with van der Waals surface area (Å²) >= 11 is 0. The average Bonchev–Trinajstić information content (AvgIpc) is 2.94. The van der Waals surface area contributed by atoms with Crippen molar-refractivity contribution in [3.8, 4) is 5.75 Å². The molecule has 1 aromatic carbocycles. The number of rotatable bonds is 6. The van der Waals surface area contributed by atoms with Crippen molar-refractivity contribution >= 4 is 0 Å². The molecule has 3 heteroatoms. The molecular formula is C16H21NO2. The Hall–Kier alpha value is -1.74. The van der Waals surface area contributed by atoms with Crippen LogP contribution in [0.25, 0.3) is 0 Å². The van der Waals surface area contributed by atoms with E-state index in [9.17, 15) is 0 Å². The van der Waals surface area contributed by atoms with Crippen LogP contribution in [-0.2, 0) is 0 Å². The third-order valence-corrected chi connectivity index (χ3v) is 3.26. The largest absolute Gasteiger partial charge is 0.497 e. The molecule has 0 bridgehead atoms. The molecule has 0 radical (unpaired) electrons. The van der Waals surface area contributed by atoms with Crippen LogP contribution in [0.4, 0.5) is 0 Å². The van der Waals surface area contributed by atoms with Gasteiger partial charge in [-0.1, -0.05) is 13.0 Å². The Balaban J connectivity index is 2.32. The highest BCUT2D eigenvalue weighted by Gasteiger charge is 2.16. The molecule has 1 atom stereocenters. The zero-order chi connectivity index (χ0) is 13.7. The van der Waals surface area contributed by atoms with Gasteiger partial charge in [0.2, 0.25) is 0 Å². The zero-order valence-corrected chi connectivity index (χ0v) is 11.8. The van der Waals surface area contributed by atoms with E-state index in [2.05, 4.69) is 31.3 Å². The number of methoxy groups -OCH3 is 1. The first-order chi connectivity index (χ1) is 9.26. The highest BCUT2D eigenvalue weighted by Crippen LogP contribution is 2.27. The topological polar surface area (TPSA) is 34.4 Å². The van der Waals surface area contributed by atoms with Crippen molar-refractivity contribution < 1.29 is 9.15 Å². The normalized spacial score (nSPS) is 12.4. The molecule has 102 valence electrons. The van der Waals surface area contributed by atoms with Gasteiger partial charge < -0.3 is 14.5 Å². The molecule has 1 heterocycles. The molecular weight excluding hydrogens is 238 g/mol. The molecule has 0 aliphatic heterocycles. The standard InChI is InChI=1S/C16H21NO2/c1-4-8-17-16(13-7-9-19-11-13)15-6-5-14(18-3)10-12(15)2/h5-7,9-11,16-17H,4,8H2,1-3H3. The van der Waals surface area contributed by atoms with Crippen LogP contribution in [0.1, 0.15) is 36.1 Å². The smallest absolute Gasteiger partial charge is 0.119 e. The lowest BCUT2D eigenvalue weighted by atomic mass is 9.96. The lowest BCUT2D eigenvalue weighted by Gasteiger charge is -2.20. The Labute approximate surface area is 114 Å². The molecule has 2 aromatic rings. The van der Waals surface area contributed by atoms with Gasteiger partial charge in [-0.2, -0.15) is 0 Å². The molecule has 1 aromatic heterocycles. The number of furan rings is 1. The van der Waals surface area contributed by atoms with E-state index < -0.39 is 0 Å². The minimum absolute atomic E-state index is 0.171. The predicted octanol–water partition coefficient (Wildman–Crippen LogP) is 3.69. The Kier molecular flexibility index (Phi) is 4.63. The van der Waals surface area contributed by atoms with Crippen LogP contribution < -0.4 is 10.1 Å². The monoisotopic (exact) mass is 259 g/mol. The van der Waals surface area contributed by atoms with Crippen LogP contribution in [0.5, 0.6) is 5.75 Å². The second kappa shape index (κ2) is 6.43. The van der Waals surface area contributed by atoms with Crippen LogP contribution in [-0.4, -0.2) is 13.7 Å². The Morgan fingerprint density at radius 1 is 1.32 bits per heavy atom. The van der Waals surface area contributed by atoms with E-state index in [1.807, 2.05) is 12.1 Å². The summed E-state index contributed by atoms with van der Waals surface area (Å²) in [5.41, 5.74) is 3.63. The summed E-state index contributed by atoms with van der Waals surface area (Å²) in [7, 11) is 1.69. The van der Waals surface area contributed by atoms with Gasteiger partial charge in [-0.05, 0) is 49.2 Å². The van der Waals surface area contributed by atoms with E-state index in [0.717, 1.165) is 24.3 Å². The molecule has 1 N–H and O–H groups in total.